The third kappa shape index (κ3) is 2.75. The molecular weight excluding hydrogens is 384 g/mol. The van der Waals surface area contributed by atoms with Crippen molar-refractivity contribution in [1.29, 1.82) is 0 Å². The van der Waals surface area contributed by atoms with Crippen molar-refractivity contribution >= 4 is 5.57 Å². The molecule has 160 valence electrons. The summed E-state index contributed by atoms with van der Waals surface area (Å²) < 4.78 is 0. The topological polar surface area (TPSA) is 0 Å². The third-order valence-corrected chi connectivity index (χ3v) is 7.68. The summed E-state index contributed by atoms with van der Waals surface area (Å²) in [7, 11) is 0. The molecule has 0 unspecified atom stereocenters. The zero-order valence-corrected chi connectivity index (χ0v) is 20.1. The van der Waals surface area contributed by atoms with Crippen LogP contribution in [0, 0.1) is 6.92 Å². The summed E-state index contributed by atoms with van der Waals surface area (Å²) >= 11 is 0. The van der Waals surface area contributed by atoms with Gasteiger partial charge in [0.2, 0.25) is 0 Å². The number of hydrogen-bond acceptors (Lipinski definition) is 0. The van der Waals surface area contributed by atoms with Gasteiger partial charge in [-0.05, 0) is 81.6 Å². The number of benzene rings is 3. The maximum Gasteiger partial charge on any atom is 0.0159 e. The maximum absolute atomic E-state index is 3.94. The first-order valence-electron chi connectivity index (χ1n) is 11.6. The molecule has 0 nitrogen and oxygen atoms in total. The lowest BCUT2D eigenvalue weighted by atomic mass is 9.80. The zero-order valence-electron chi connectivity index (χ0n) is 20.1. The average molecular weight is 417 g/mol. The molecule has 32 heavy (non-hydrogen) atoms. The molecule has 0 heteroatoms. The molecule has 0 saturated carbocycles. The maximum atomic E-state index is 3.94. The second kappa shape index (κ2) is 6.94. The van der Waals surface area contributed by atoms with Crippen LogP contribution >= 0.6 is 0 Å². The smallest absolute Gasteiger partial charge is 0.0159 e. The summed E-state index contributed by atoms with van der Waals surface area (Å²) in [6, 6.07) is 20.9. The molecule has 3 aromatic carbocycles. The normalized spacial score (nSPS) is 19.7. The molecule has 3 aromatic rings. The minimum Gasteiger partial charge on any atom is -0.0990 e. The van der Waals surface area contributed by atoms with E-state index in [2.05, 4.69) is 115 Å². The Morgan fingerprint density at radius 1 is 0.688 bits per heavy atom. The number of hydrogen-bond donors (Lipinski definition) is 0. The second-order valence-corrected chi connectivity index (χ2v) is 10.3. The van der Waals surface area contributed by atoms with Crippen molar-refractivity contribution in [3.05, 3.63) is 113 Å². The molecule has 0 heterocycles. The Morgan fingerprint density at radius 2 is 1.22 bits per heavy atom. The van der Waals surface area contributed by atoms with Gasteiger partial charge in [-0.15, -0.1) is 0 Å². The number of rotatable bonds is 2. The van der Waals surface area contributed by atoms with Gasteiger partial charge in [-0.2, -0.15) is 0 Å². The van der Waals surface area contributed by atoms with Crippen molar-refractivity contribution in [1.82, 2.24) is 0 Å². The van der Waals surface area contributed by atoms with E-state index in [4.69, 9.17) is 0 Å². The SMILES string of the molecule is C=C/C=C1\C(=C/C)C(C)(C)c2cc(-c3ccc4c(c3)C(C)(C)c3cc(C)ccc3-4)ccc21. The average Bonchev–Trinajstić information content (AvgIpc) is 3.12. The monoisotopic (exact) mass is 416 g/mol. The minimum atomic E-state index is -0.0152. The molecule has 5 rings (SSSR count). The molecule has 0 aromatic heterocycles. The van der Waals surface area contributed by atoms with Crippen LogP contribution in [0.2, 0.25) is 0 Å². The van der Waals surface area contributed by atoms with Crippen molar-refractivity contribution in [2.24, 2.45) is 0 Å². The van der Waals surface area contributed by atoms with Crippen LogP contribution in [0.5, 0.6) is 0 Å². The van der Waals surface area contributed by atoms with Gasteiger partial charge < -0.3 is 0 Å². The lowest BCUT2D eigenvalue weighted by Gasteiger charge is -2.23. The summed E-state index contributed by atoms with van der Waals surface area (Å²) in [5, 5.41) is 0. The number of fused-ring (bicyclic) bond motifs is 4. The lowest BCUT2D eigenvalue weighted by molar-refractivity contribution is 0.659. The largest absolute Gasteiger partial charge is 0.0990 e. The Kier molecular flexibility index (Phi) is 4.50. The molecule has 0 fully saturated rings. The van der Waals surface area contributed by atoms with Gasteiger partial charge in [0.1, 0.15) is 0 Å². The van der Waals surface area contributed by atoms with Crippen molar-refractivity contribution in [2.75, 3.05) is 0 Å². The van der Waals surface area contributed by atoms with E-state index in [1.54, 1.807) is 0 Å². The fourth-order valence-electron chi connectivity index (χ4n) is 5.95. The van der Waals surface area contributed by atoms with E-state index in [1.807, 2.05) is 6.08 Å². The van der Waals surface area contributed by atoms with E-state index in [0.29, 0.717) is 0 Å². The molecule has 0 atom stereocenters. The molecule has 0 bridgehead atoms. The molecule has 0 saturated heterocycles. The highest BCUT2D eigenvalue weighted by atomic mass is 14.4. The Hall–Kier alpha value is -3.12. The highest BCUT2D eigenvalue weighted by molar-refractivity contribution is 5.92. The molecule has 0 N–H and O–H groups in total. The predicted octanol–water partition coefficient (Wildman–Crippen LogP) is 8.78. The summed E-state index contributed by atoms with van der Waals surface area (Å²) in [5.74, 6) is 0. The summed E-state index contributed by atoms with van der Waals surface area (Å²) in [6.07, 6.45) is 6.31. The van der Waals surface area contributed by atoms with Gasteiger partial charge >= 0.3 is 0 Å². The first-order valence-corrected chi connectivity index (χ1v) is 11.6. The first kappa shape index (κ1) is 20.8. The van der Waals surface area contributed by atoms with E-state index in [9.17, 15) is 0 Å². The Morgan fingerprint density at radius 3 is 1.81 bits per heavy atom. The summed E-state index contributed by atoms with van der Waals surface area (Å²) in [6.45, 7) is 17.7. The number of aryl methyl sites for hydroxylation is 1. The van der Waals surface area contributed by atoms with E-state index in [1.165, 1.54) is 61.2 Å². The van der Waals surface area contributed by atoms with Gasteiger partial charge in [0.25, 0.3) is 0 Å². The van der Waals surface area contributed by atoms with Crippen molar-refractivity contribution in [2.45, 2.75) is 52.4 Å². The van der Waals surface area contributed by atoms with Crippen molar-refractivity contribution < 1.29 is 0 Å². The van der Waals surface area contributed by atoms with Crippen molar-refractivity contribution in [3.8, 4) is 22.3 Å². The summed E-state index contributed by atoms with van der Waals surface area (Å²) in [4.78, 5) is 0. The first-order chi connectivity index (χ1) is 15.2. The van der Waals surface area contributed by atoms with Gasteiger partial charge in [-0.1, -0.05) is 101 Å². The highest BCUT2D eigenvalue weighted by Gasteiger charge is 2.38. The van der Waals surface area contributed by atoms with Gasteiger partial charge in [0.05, 0.1) is 0 Å². The van der Waals surface area contributed by atoms with Crippen LogP contribution in [-0.4, -0.2) is 0 Å². The van der Waals surface area contributed by atoms with Gasteiger partial charge in [-0.25, -0.2) is 0 Å². The standard InChI is InChI=1S/C32H32/c1-8-10-23-25-15-12-21(18-29(25)31(4,5)27(23)9-2)22-13-16-26-24-14-11-20(3)17-28(24)32(6,7)30(26)19-22/h8-19H,1H2,2-7H3/b23-10-,27-9+. The third-order valence-electron chi connectivity index (χ3n) is 7.68. The van der Waals surface area contributed by atoms with Gasteiger partial charge in [0, 0.05) is 10.8 Å². The molecule has 0 amide bonds. The van der Waals surface area contributed by atoms with Crippen LogP contribution in [-0.2, 0) is 10.8 Å². The quantitative estimate of drug-likeness (QED) is 0.391. The molecular formula is C32H32. The minimum absolute atomic E-state index is 0.0146. The molecule has 2 aliphatic rings. The molecule has 0 radical (unpaired) electrons. The van der Waals surface area contributed by atoms with Gasteiger partial charge in [0.15, 0.2) is 0 Å². The fraction of sp³-hybridized carbons (Fsp3) is 0.250. The molecule has 2 aliphatic carbocycles. The van der Waals surface area contributed by atoms with Crippen LogP contribution in [0.15, 0.2) is 85.0 Å². The number of allylic oxidation sites excluding steroid dienone is 5. The van der Waals surface area contributed by atoms with Crippen LogP contribution < -0.4 is 0 Å². The highest BCUT2D eigenvalue weighted by Crippen LogP contribution is 2.52. The Labute approximate surface area is 193 Å². The zero-order chi connectivity index (χ0) is 22.8. The van der Waals surface area contributed by atoms with E-state index >= 15 is 0 Å². The van der Waals surface area contributed by atoms with Crippen LogP contribution in [0.25, 0.3) is 27.8 Å². The Bertz CT molecular complexity index is 1340. The molecule has 0 aliphatic heterocycles. The van der Waals surface area contributed by atoms with E-state index < -0.39 is 0 Å². The molecule has 0 spiro atoms. The van der Waals surface area contributed by atoms with Crippen LogP contribution in [0.1, 0.15) is 62.4 Å². The Balaban J connectivity index is 1.66. The van der Waals surface area contributed by atoms with Crippen LogP contribution in [0.3, 0.4) is 0 Å². The van der Waals surface area contributed by atoms with Crippen molar-refractivity contribution in [3.63, 3.8) is 0 Å². The van der Waals surface area contributed by atoms with Gasteiger partial charge in [-0.3, -0.25) is 0 Å². The second-order valence-electron chi connectivity index (χ2n) is 10.3. The van der Waals surface area contributed by atoms with E-state index in [0.717, 1.165) is 0 Å². The lowest BCUT2D eigenvalue weighted by Crippen LogP contribution is -2.15. The summed E-state index contributed by atoms with van der Waals surface area (Å²) in [5.41, 5.74) is 14.9. The fourth-order valence-corrected chi connectivity index (χ4v) is 5.95. The van der Waals surface area contributed by atoms with Crippen LogP contribution in [0.4, 0.5) is 0 Å². The predicted molar refractivity (Wildman–Crippen MR) is 139 cm³/mol. The van der Waals surface area contributed by atoms with E-state index in [-0.39, 0.29) is 10.8 Å².